The van der Waals surface area contributed by atoms with Crippen molar-refractivity contribution in [3.8, 4) is 11.3 Å². The van der Waals surface area contributed by atoms with E-state index >= 15 is 0 Å². The molecule has 2 atom stereocenters. The van der Waals surface area contributed by atoms with Gasteiger partial charge in [-0.15, -0.1) is 0 Å². The third-order valence-corrected chi connectivity index (χ3v) is 8.07. The highest BCUT2D eigenvalue weighted by Gasteiger charge is 2.33. The Hall–Kier alpha value is -3.02. The van der Waals surface area contributed by atoms with E-state index in [1.807, 2.05) is 36.0 Å². The molecule has 0 aromatic carbocycles. The molecule has 204 valence electrons. The zero-order valence-corrected chi connectivity index (χ0v) is 22.8. The Kier molecular flexibility index (Phi) is 6.83. The zero-order chi connectivity index (χ0) is 26.4. The van der Waals surface area contributed by atoms with Crippen molar-refractivity contribution in [3.05, 3.63) is 24.3 Å². The molecule has 0 bridgehead atoms. The lowest BCUT2D eigenvalue weighted by Crippen LogP contribution is -2.53. The molecule has 3 aliphatic rings. The third kappa shape index (κ3) is 4.78. The van der Waals surface area contributed by atoms with Crippen LogP contribution in [0.4, 0.5) is 5.69 Å². The standard InChI is InChI=1S/C27H38N8O3/c1-18-15-35(16-19(2)38-18)21-5-7-34(8-6-21)27(36)26-30-24-23(33-9-11-37-12-10-33)13-22(29-25(24)32(26)4)20-14-28-31(3)17-20/h13-14,17-19,21H,5-12,15-16H2,1-4H3. The molecule has 3 saturated heterocycles. The SMILES string of the molecule is CC1CN(C2CCN(C(=O)c3nc4c(N5CCOCC5)cc(-c5cnn(C)c5)nc4n3C)CC2)CC(C)O1. The molecule has 3 aromatic heterocycles. The Morgan fingerprint density at radius 3 is 2.37 bits per heavy atom. The molecule has 0 spiro atoms. The summed E-state index contributed by atoms with van der Waals surface area (Å²) in [4.78, 5) is 30.4. The fourth-order valence-corrected chi connectivity index (χ4v) is 6.16. The smallest absolute Gasteiger partial charge is 0.289 e. The number of pyridine rings is 1. The van der Waals surface area contributed by atoms with E-state index in [9.17, 15) is 4.79 Å². The van der Waals surface area contributed by atoms with Crippen molar-refractivity contribution < 1.29 is 14.3 Å². The number of anilines is 1. The van der Waals surface area contributed by atoms with Gasteiger partial charge in [-0.1, -0.05) is 0 Å². The predicted octanol–water partition coefficient (Wildman–Crippen LogP) is 1.92. The van der Waals surface area contributed by atoms with Crippen LogP contribution >= 0.6 is 0 Å². The molecule has 6 heterocycles. The van der Waals surface area contributed by atoms with Gasteiger partial charge in [0.1, 0.15) is 5.52 Å². The first-order valence-corrected chi connectivity index (χ1v) is 13.8. The van der Waals surface area contributed by atoms with E-state index in [4.69, 9.17) is 19.4 Å². The lowest BCUT2D eigenvalue weighted by Gasteiger charge is -2.43. The summed E-state index contributed by atoms with van der Waals surface area (Å²) in [5.74, 6) is 0.418. The molecular formula is C27H38N8O3. The maximum atomic E-state index is 13.8. The minimum atomic E-state index is -0.0245. The second kappa shape index (κ2) is 10.3. The number of imidazole rings is 1. The largest absolute Gasteiger partial charge is 0.378 e. The van der Waals surface area contributed by atoms with E-state index in [0.29, 0.717) is 30.7 Å². The average Bonchev–Trinajstić information content (AvgIpc) is 3.51. The van der Waals surface area contributed by atoms with Gasteiger partial charge in [-0.25, -0.2) is 9.97 Å². The van der Waals surface area contributed by atoms with Gasteiger partial charge >= 0.3 is 0 Å². The van der Waals surface area contributed by atoms with E-state index in [1.165, 1.54) is 0 Å². The third-order valence-electron chi connectivity index (χ3n) is 8.07. The number of morpholine rings is 2. The molecule has 3 aromatic rings. The highest BCUT2D eigenvalue weighted by Crippen LogP contribution is 2.32. The molecule has 0 N–H and O–H groups in total. The Bertz CT molecular complexity index is 1300. The molecule has 1 amide bonds. The monoisotopic (exact) mass is 522 g/mol. The van der Waals surface area contributed by atoms with Gasteiger partial charge in [0.15, 0.2) is 5.65 Å². The maximum absolute atomic E-state index is 13.8. The molecule has 6 rings (SSSR count). The first-order chi connectivity index (χ1) is 18.4. The van der Waals surface area contributed by atoms with Crippen molar-refractivity contribution in [2.45, 2.75) is 44.9 Å². The molecule has 0 aliphatic carbocycles. The number of likely N-dealkylation sites (tertiary alicyclic amines) is 1. The van der Waals surface area contributed by atoms with E-state index in [1.54, 1.807) is 4.68 Å². The Morgan fingerprint density at radius 1 is 1.00 bits per heavy atom. The molecule has 11 heteroatoms. The minimum absolute atomic E-state index is 0.0245. The molecular weight excluding hydrogens is 484 g/mol. The van der Waals surface area contributed by atoms with Crippen LogP contribution in [-0.4, -0.2) is 111 Å². The second-order valence-corrected chi connectivity index (χ2v) is 10.9. The number of ether oxygens (including phenoxy) is 2. The highest BCUT2D eigenvalue weighted by atomic mass is 16.5. The first kappa shape index (κ1) is 25.3. The summed E-state index contributed by atoms with van der Waals surface area (Å²) in [5.41, 5.74) is 4.22. The lowest BCUT2D eigenvalue weighted by molar-refractivity contribution is -0.0856. The number of hydrogen-bond donors (Lipinski definition) is 0. The summed E-state index contributed by atoms with van der Waals surface area (Å²) in [6.45, 7) is 10.6. The molecule has 11 nitrogen and oxygen atoms in total. The molecule has 3 aliphatic heterocycles. The fraction of sp³-hybridized carbons (Fsp3) is 0.630. The molecule has 2 unspecified atom stereocenters. The van der Waals surface area contributed by atoms with Crippen LogP contribution in [0.3, 0.4) is 0 Å². The predicted molar refractivity (Wildman–Crippen MR) is 144 cm³/mol. The summed E-state index contributed by atoms with van der Waals surface area (Å²) in [6.07, 6.45) is 6.22. The maximum Gasteiger partial charge on any atom is 0.289 e. The van der Waals surface area contributed by atoms with Crippen molar-refractivity contribution in [1.29, 1.82) is 0 Å². The number of aromatic nitrogens is 5. The van der Waals surface area contributed by atoms with Crippen molar-refractivity contribution in [2.24, 2.45) is 14.1 Å². The van der Waals surface area contributed by atoms with Crippen molar-refractivity contribution >= 4 is 22.8 Å². The van der Waals surface area contributed by atoms with Gasteiger partial charge in [0.2, 0.25) is 5.82 Å². The van der Waals surface area contributed by atoms with E-state index in [-0.39, 0.29) is 18.1 Å². The van der Waals surface area contributed by atoms with Gasteiger partial charge in [-0.3, -0.25) is 14.4 Å². The van der Waals surface area contributed by atoms with Crippen molar-refractivity contribution in [2.75, 3.05) is 57.4 Å². The fourth-order valence-electron chi connectivity index (χ4n) is 6.16. The zero-order valence-electron chi connectivity index (χ0n) is 22.8. The number of rotatable bonds is 4. The van der Waals surface area contributed by atoms with Gasteiger partial charge in [-0.05, 0) is 32.8 Å². The lowest BCUT2D eigenvalue weighted by atomic mass is 10.0. The second-order valence-electron chi connectivity index (χ2n) is 10.9. The Labute approximate surface area is 223 Å². The topological polar surface area (TPSA) is 93.8 Å². The average molecular weight is 523 g/mol. The summed E-state index contributed by atoms with van der Waals surface area (Å²) >= 11 is 0. The van der Waals surface area contributed by atoms with E-state index in [0.717, 1.165) is 74.6 Å². The van der Waals surface area contributed by atoms with Crippen LogP contribution in [0.1, 0.15) is 37.3 Å². The van der Waals surface area contributed by atoms with Crippen LogP contribution in [-0.2, 0) is 23.6 Å². The normalized spacial score (nSPS) is 23.9. The van der Waals surface area contributed by atoms with Crippen LogP contribution in [0.15, 0.2) is 18.5 Å². The highest BCUT2D eigenvalue weighted by molar-refractivity contribution is 5.98. The number of nitrogens with zero attached hydrogens (tertiary/aromatic N) is 8. The van der Waals surface area contributed by atoms with Crippen LogP contribution in [0, 0.1) is 0 Å². The first-order valence-electron chi connectivity index (χ1n) is 13.8. The van der Waals surface area contributed by atoms with E-state index < -0.39 is 0 Å². The van der Waals surface area contributed by atoms with E-state index in [2.05, 4.69) is 34.8 Å². The van der Waals surface area contributed by atoms with Crippen LogP contribution in [0.25, 0.3) is 22.4 Å². The molecule has 3 fully saturated rings. The number of piperidine rings is 1. The summed E-state index contributed by atoms with van der Waals surface area (Å²) in [6, 6.07) is 2.56. The Morgan fingerprint density at radius 2 is 1.71 bits per heavy atom. The number of hydrogen-bond acceptors (Lipinski definition) is 8. The number of fused-ring (bicyclic) bond motifs is 1. The molecule has 38 heavy (non-hydrogen) atoms. The molecule has 0 saturated carbocycles. The summed E-state index contributed by atoms with van der Waals surface area (Å²) < 4.78 is 15.1. The van der Waals surface area contributed by atoms with Crippen LogP contribution < -0.4 is 4.90 Å². The quantitative estimate of drug-likeness (QED) is 0.513. The number of carbonyl (C=O) groups excluding carboxylic acids is 1. The van der Waals surface area contributed by atoms with Gasteiger partial charge < -0.3 is 23.8 Å². The van der Waals surface area contributed by atoms with Gasteiger partial charge in [0.05, 0.1) is 43.0 Å². The van der Waals surface area contributed by atoms with Gasteiger partial charge in [-0.2, -0.15) is 5.10 Å². The minimum Gasteiger partial charge on any atom is -0.378 e. The van der Waals surface area contributed by atoms with Gasteiger partial charge in [0, 0.05) is 71.2 Å². The van der Waals surface area contributed by atoms with Gasteiger partial charge in [0.25, 0.3) is 5.91 Å². The number of carbonyl (C=O) groups is 1. The summed E-state index contributed by atoms with van der Waals surface area (Å²) in [7, 11) is 3.80. The van der Waals surface area contributed by atoms with Crippen LogP contribution in [0.2, 0.25) is 0 Å². The Balaban J connectivity index is 1.27. The number of aryl methyl sites for hydroxylation is 2. The van der Waals surface area contributed by atoms with Crippen molar-refractivity contribution in [1.82, 2.24) is 34.1 Å². The molecule has 0 radical (unpaired) electrons. The van der Waals surface area contributed by atoms with Crippen LogP contribution in [0.5, 0.6) is 0 Å². The number of amides is 1. The van der Waals surface area contributed by atoms with Crippen molar-refractivity contribution in [3.63, 3.8) is 0 Å². The summed E-state index contributed by atoms with van der Waals surface area (Å²) in [5, 5.41) is 4.33.